The molecule has 21 heavy (non-hydrogen) atoms. The summed E-state index contributed by atoms with van der Waals surface area (Å²) in [5.41, 5.74) is -1.16. The van der Waals surface area contributed by atoms with Gasteiger partial charge in [-0.2, -0.15) is 13.2 Å². The molecule has 2 rings (SSSR count). The zero-order valence-corrected chi connectivity index (χ0v) is 10.9. The third-order valence-electron chi connectivity index (χ3n) is 3.01. The first-order valence-electron chi connectivity index (χ1n) is 6.00. The Morgan fingerprint density at radius 2 is 1.67 bits per heavy atom. The van der Waals surface area contributed by atoms with Crippen molar-refractivity contribution in [1.29, 1.82) is 0 Å². The van der Waals surface area contributed by atoms with Crippen molar-refractivity contribution in [2.75, 3.05) is 0 Å². The molecule has 0 aliphatic carbocycles. The monoisotopic (exact) mass is 302 g/mol. The van der Waals surface area contributed by atoms with E-state index in [4.69, 9.17) is 0 Å². The lowest BCUT2D eigenvalue weighted by Gasteiger charge is -2.15. The molecule has 1 unspecified atom stereocenters. The average Bonchev–Trinajstić information content (AvgIpc) is 2.39. The number of halogens is 5. The average molecular weight is 302 g/mol. The Balaban J connectivity index is 2.51. The van der Waals surface area contributed by atoms with E-state index < -0.39 is 29.5 Å². The molecule has 0 aliphatic heterocycles. The molecule has 0 aromatic heterocycles. The molecule has 1 N–H and O–H groups in total. The van der Waals surface area contributed by atoms with E-state index in [1.807, 2.05) is 0 Å². The first-order valence-corrected chi connectivity index (χ1v) is 6.00. The molecule has 0 spiro atoms. The van der Waals surface area contributed by atoms with Gasteiger partial charge in [0.05, 0.1) is 5.56 Å². The fraction of sp³-hybridized carbons (Fsp3) is 0.200. The predicted molar refractivity (Wildman–Crippen MR) is 66.6 cm³/mol. The van der Waals surface area contributed by atoms with Gasteiger partial charge >= 0.3 is 6.18 Å². The molecule has 1 atom stereocenters. The Morgan fingerprint density at radius 1 is 1.00 bits per heavy atom. The summed E-state index contributed by atoms with van der Waals surface area (Å²) < 4.78 is 64.9. The number of aliphatic hydroxyl groups excluding tert-OH is 1. The van der Waals surface area contributed by atoms with Crippen LogP contribution in [0, 0.1) is 18.6 Å². The molecule has 0 saturated carbocycles. The van der Waals surface area contributed by atoms with E-state index in [1.54, 1.807) is 6.92 Å². The molecule has 112 valence electrons. The Hall–Kier alpha value is -1.95. The van der Waals surface area contributed by atoms with Crippen LogP contribution in [-0.2, 0) is 6.18 Å². The lowest BCUT2D eigenvalue weighted by molar-refractivity contribution is -0.137. The molecule has 0 bridgehead atoms. The fourth-order valence-electron chi connectivity index (χ4n) is 1.99. The highest BCUT2D eigenvalue weighted by atomic mass is 19.4. The minimum absolute atomic E-state index is 0.200. The summed E-state index contributed by atoms with van der Waals surface area (Å²) in [5.74, 6) is -1.92. The molecule has 2 aromatic carbocycles. The molecule has 6 heteroatoms. The van der Waals surface area contributed by atoms with Crippen LogP contribution in [0.2, 0.25) is 0 Å². The van der Waals surface area contributed by atoms with Crippen LogP contribution >= 0.6 is 0 Å². The topological polar surface area (TPSA) is 20.2 Å². The van der Waals surface area contributed by atoms with E-state index >= 15 is 0 Å². The van der Waals surface area contributed by atoms with Gasteiger partial charge in [-0.05, 0) is 36.8 Å². The number of hydrogen-bond donors (Lipinski definition) is 1. The van der Waals surface area contributed by atoms with E-state index in [-0.39, 0.29) is 11.1 Å². The van der Waals surface area contributed by atoms with Gasteiger partial charge in [0.25, 0.3) is 0 Å². The Kier molecular flexibility index (Phi) is 4.00. The molecule has 0 amide bonds. The highest BCUT2D eigenvalue weighted by Crippen LogP contribution is 2.33. The number of rotatable bonds is 2. The maximum Gasteiger partial charge on any atom is 0.416 e. The van der Waals surface area contributed by atoms with Crippen LogP contribution in [0.3, 0.4) is 0 Å². The highest BCUT2D eigenvalue weighted by Gasteiger charge is 2.32. The maximum atomic E-state index is 13.7. The van der Waals surface area contributed by atoms with Gasteiger partial charge in [0.1, 0.15) is 17.7 Å². The van der Waals surface area contributed by atoms with Crippen LogP contribution < -0.4 is 0 Å². The van der Waals surface area contributed by atoms with Gasteiger partial charge < -0.3 is 5.11 Å². The Bertz CT molecular complexity index is 664. The van der Waals surface area contributed by atoms with E-state index in [9.17, 15) is 27.1 Å². The second-order valence-electron chi connectivity index (χ2n) is 4.70. The van der Waals surface area contributed by atoms with Gasteiger partial charge in [-0.25, -0.2) is 8.78 Å². The molecule has 0 fully saturated rings. The van der Waals surface area contributed by atoms with Crippen molar-refractivity contribution in [1.82, 2.24) is 0 Å². The second-order valence-corrected chi connectivity index (χ2v) is 4.70. The lowest BCUT2D eigenvalue weighted by Crippen LogP contribution is -2.09. The highest BCUT2D eigenvalue weighted by molar-refractivity contribution is 5.36. The van der Waals surface area contributed by atoms with E-state index in [0.29, 0.717) is 17.7 Å². The van der Waals surface area contributed by atoms with E-state index in [1.165, 1.54) is 12.1 Å². The van der Waals surface area contributed by atoms with E-state index in [0.717, 1.165) is 12.1 Å². The summed E-state index contributed by atoms with van der Waals surface area (Å²) in [5, 5.41) is 10.0. The summed E-state index contributed by atoms with van der Waals surface area (Å²) >= 11 is 0. The number of aryl methyl sites for hydroxylation is 1. The van der Waals surface area contributed by atoms with Crippen LogP contribution in [0.1, 0.15) is 28.4 Å². The number of aliphatic hydroxyl groups is 1. The van der Waals surface area contributed by atoms with Crippen molar-refractivity contribution in [3.8, 4) is 0 Å². The van der Waals surface area contributed by atoms with E-state index in [2.05, 4.69) is 0 Å². The first-order chi connectivity index (χ1) is 9.68. The SMILES string of the molecule is Cc1ccc(F)c(C(O)c2cc(F)cc(C(F)(F)F)c2)c1. The van der Waals surface area contributed by atoms with Crippen molar-refractivity contribution in [3.63, 3.8) is 0 Å². The van der Waals surface area contributed by atoms with Crippen LogP contribution in [-0.4, -0.2) is 5.11 Å². The van der Waals surface area contributed by atoms with Crippen molar-refractivity contribution in [2.45, 2.75) is 19.2 Å². The lowest BCUT2D eigenvalue weighted by atomic mass is 9.97. The molecule has 0 aliphatic rings. The predicted octanol–water partition coefficient (Wildman–Crippen LogP) is 4.37. The van der Waals surface area contributed by atoms with Gasteiger partial charge in [0.2, 0.25) is 0 Å². The molecule has 0 radical (unpaired) electrons. The van der Waals surface area contributed by atoms with Gasteiger partial charge in [-0.3, -0.25) is 0 Å². The first kappa shape index (κ1) is 15.4. The Morgan fingerprint density at radius 3 is 2.29 bits per heavy atom. The normalized spacial score (nSPS) is 13.3. The summed E-state index contributed by atoms with van der Waals surface area (Å²) in [4.78, 5) is 0. The number of benzene rings is 2. The van der Waals surface area contributed by atoms with Gasteiger partial charge in [0, 0.05) is 5.56 Å². The van der Waals surface area contributed by atoms with Crippen LogP contribution in [0.15, 0.2) is 36.4 Å². The molecule has 1 nitrogen and oxygen atoms in total. The minimum Gasteiger partial charge on any atom is -0.384 e. The summed E-state index contributed by atoms with van der Waals surface area (Å²) in [6, 6.07) is 5.54. The summed E-state index contributed by atoms with van der Waals surface area (Å²) in [6.07, 6.45) is -6.43. The summed E-state index contributed by atoms with van der Waals surface area (Å²) in [7, 11) is 0. The standard InChI is InChI=1S/C15H11F5O/c1-8-2-3-13(17)12(4-8)14(21)9-5-10(15(18,19)20)7-11(16)6-9/h2-7,14,21H,1H3. The number of alkyl halides is 3. The molecule has 0 saturated heterocycles. The third-order valence-corrected chi connectivity index (χ3v) is 3.01. The van der Waals surface area contributed by atoms with Gasteiger partial charge in [0.15, 0.2) is 0 Å². The van der Waals surface area contributed by atoms with Crippen molar-refractivity contribution >= 4 is 0 Å². The molecular weight excluding hydrogens is 291 g/mol. The van der Waals surface area contributed by atoms with Gasteiger partial charge in [-0.15, -0.1) is 0 Å². The maximum absolute atomic E-state index is 13.7. The smallest absolute Gasteiger partial charge is 0.384 e. The van der Waals surface area contributed by atoms with Crippen molar-refractivity contribution in [2.24, 2.45) is 0 Å². The van der Waals surface area contributed by atoms with Crippen molar-refractivity contribution in [3.05, 3.63) is 70.3 Å². The fourth-order valence-corrected chi connectivity index (χ4v) is 1.99. The van der Waals surface area contributed by atoms with Gasteiger partial charge in [-0.1, -0.05) is 17.7 Å². The molecular formula is C15H11F5O. The zero-order valence-electron chi connectivity index (χ0n) is 10.9. The second kappa shape index (κ2) is 5.44. The quantitative estimate of drug-likeness (QED) is 0.817. The zero-order chi connectivity index (χ0) is 15.8. The van der Waals surface area contributed by atoms with Crippen LogP contribution in [0.4, 0.5) is 22.0 Å². The van der Waals surface area contributed by atoms with Crippen LogP contribution in [0.25, 0.3) is 0 Å². The third kappa shape index (κ3) is 3.39. The molecule has 0 heterocycles. The molecule has 2 aromatic rings. The Labute approximate surface area is 117 Å². The van der Waals surface area contributed by atoms with Crippen molar-refractivity contribution < 1.29 is 27.1 Å². The minimum atomic E-state index is -4.75. The number of hydrogen-bond acceptors (Lipinski definition) is 1. The van der Waals surface area contributed by atoms with Crippen LogP contribution in [0.5, 0.6) is 0 Å². The largest absolute Gasteiger partial charge is 0.416 e. The summed E-state index contributed by atoms with van der Waals surface area (Å²) in [6.45, 7) is 1.64.